The van der Waals surface area contributed by atoms with E-state index in [0.717, 1.165) is 0 Å². The molecule has 4 heteroatoms. The zero-order valence-electron chi connectivity index (χ0n) is 10.7. The first-order chi connectivity index (χ1) is 7.77. The van der Waals surface area contributed by atoms with E-state index in [1.807, 2.05) is 11.3 Å². The van der Waals surface area contributed by atoms with Crippen molar-refractivity contribution in [2.45, 2.75) is 38.3 Å². The summed E-state index contributed by atoms with van der Waals surface area (Å²) in [5.74, 6) is 0. The second-order valence-electron chi connectivity index (χ2n) is 4.78. The fraction of sp³-hybridized carbons (Fsp3) is 0.692. The zero-order chi connectivity index (χ0) is 11.4. The highest BCUT2D eigenvalue weighted by atomic mass is 35.5. The number of nitrogens with zero attached hydrogens (tertiary/aromatic N) is 1. The van der Waals surface area contributed by atoms with Gasteiger partial charge in [0.1, 0.15) is 0 Å². The van der Waals surface area contributed by atoms with Crippen molar-refractivity contribution in [1.29, 1.82) is 0 Å². The van der Waals surface area contributed by atoms with Crippen LogP contribution in [0.15, 0.2) is 17.5 Å². The molecule has 2 rings (SSSR count). The van der Waals surface area contributed by atoms with Gasteiger partial charge in [-0.3, -0.25) is 4.90 Å². The zero-order valence-corrected chi connectivity index (χ0v) is 12.3. The van der Waals surface area contributed by atoms with E-state index >= 15 is 0 Å². The number of thiophene rings is 1. The van der Waals surface area contributed by atoms with Crippen LogP contribution in [-0.2, 0) is 0 Å². The number of nitrogens with one attached hydrogen (secondary N) is 1. The SMILES string of the molecule is CC(c1cccs1)N(C)CC1CCCCN1.Cl. The minimum Gasteiger partial charge on any atom is -0.313 e. The first-order valence-corrected chi connectivity index (χ1v) is 7.12. The van der Waals surface area contributed by atoms with E-state index in [9.17, 15) is 0 Å². The molecular weight excluding hydrogens is 252 g/mol. The molecule has 0 radical (unpaired) electrons. The van der Waals surface area contributed by atoms with Gasteiger partial charge in [0.05, 0.1) is 0 Å². The summed E-state index contributed by atoms with van der Waals surface area (Å²) in [6.45, 7) is 4.67. The predicted molar refractivity (Wildman–Crippen MR) is 78.3 cm³/mol. The maximum Gasteiger partial charge on any atom is 0.0410 e. The van der Waals surface area contributed by atoms with E-state index in [4.69, 9.17) is 0 Å². The van der Waals surface area contributed by atoms with E-state index < -0.39 is 0 Å². The third-order valence-corrected chi connectivity index (χ3v) is 4.58. The molecule has 2 nitrogen and oxygen atoms in total. The molecule has 1 aliphatic rings. The number of rotatable bonds is 4. The summed E-state index contributed by atoms with van der Waals surface area (Å²) in [6, 6.07) is 5.62. The second-order valence-corrected chi connectivity index (χ2v) is 5.76. The van der Waals surface area contributed by atoms with Gasteiger partial charge in [0, 0.05) is 23.5 Å². The first-order valence-electron chi connectivity index (χ1n) is 6.24. The molecule has 17 heavy (non-hydrogen) atoms. The summed E-state index contributed by atoms with van der Waals surface area (Å²) < 4.78 is 0. The van der Waals surface area contributed by atoms with Crippen LogP contribution in [-0.4, -0.2) is 31.1 Å². The van der Waals surface area contributed by atoms with Gasteiger partial charge in [-0.1, -0.05) is 12.5 Å². The van der Waals surface area contributed by atoms with Crippen LogP contribution >= 0.6 is 23.7 Å². The van der Waals surface area contributed by atoms with Crippen molar-refractivity contribution in [3.63, 3.8) is 0 Å². The van der Waals surface area contributed by atoms with Gasteiger partial charge in [-0.25, -0.2) is 0 Å². The quantitative estimate of drug-likeness (QED) is 0.906. The number of piperidine rings is 1. The van der Waals surface area contributed by atoms with Gasteiger partial charge in [-0.05, 0) is 44.8 Å². The molecule has 0 aromatic carbocycles. The van der Waals surface area contributed by atoms with Crippen molar-refractivity contribution < 1.29 is 0 Å². The molecule has 0 aliphatic carbocycles. The molecule has 1 aromatic heterocycles. The highest BCUT2D eigenvalue weighted by Gasteiger charge is 2.18. The van der Waals surface area contributed by atoms with Gasteiger partial charge >= 0.3 is 0 Å². The van der Waals surface area contributed by atoms with Gasteiger partial charge in [0.25, 0.3) is 0 Å². The molecule has 0 spiro atoms. The molecule has 1 aliphatic heterocycles. The van der Waals surface area contributed by atoms with Crippen LogP contribution in [0.2, 0.25) is 0 Å². The largest absolute Gasteiger partial charge is 0.313 e. The van der Waals surface area contributed by atoms with Gasteiger partial charge in [0.15, 0.2) is 0 Å². The Hall–Kier alpha value is -0.0900. The lowest BCUT2D eigenvalue weighted by Gasteiger charge is -2.31. The maximum absolute atomic E-state index is 3.61. The average Bonchev–Trinajstić information content (AvgIpc) is 2.83. The van der Waals surface area contributed by atoms with Crippen molar-refractivity contribution in [2.75, 3.05) is 20.1 Å². The van der Waals surface area contributed by atoms with Gasteiger partial charge in [-0.15, -0.1) is 23.7 Å². The molecule has 2 atom stereocenters. The van der Waals surface area contributed by atoms with Crippen LogP contribution in [0.1, 0.15) is 37.1 Å². The topological polar surface area (TPSA) is 15.3 Å². The molecule has 0 amide bonds. The second kappa shape index (κ2) is 7.37. The summed E-state index contributed by atoms with van der Waals surface area (Å²) in [4.78, 5) is 3.94. The van der Waals surface area contributed by atoms with Crippen LogP contribution in [0, 0.1) is 0 Å². The monoisotopic (exact) mass is 274 g/mol. The van der Waals surface area contributed by atoms with Crippen molar-refractivity contribution in [3.05, 3.63) is 22.4 Å². The Morgan fingerprint density at radius 1 is 1.53 bits per heavy atom. The Labute approximate surface area is 115 Å². The molecular formula is C13H23ClN2S. The molecule has 0 bridgehead atoms. The lowest BCUT2D eigenvalue weighted by molar-refractivity contribution is 0.217. The molecule has 0 saturated carbocycles. The molecule has 1 N–H and O–H groups in total. The van der Waals surface area contributed by atoms with Crippen LogP contribution in [0.25, 0.3) is 0 Å². The van der Waals surface area contributed by atoms with Crippen LogP contribution in [0.4, 0.5) is 0 Å². The Bertz CT molecular complexity index is 296. The molecule has 2 heterocycles. The predicted octanol–water partition coefficient (Wildman–Crippen LogP) is 3.30. The highest BCUT2D eigenvalue weighted by molar-refractivity contribution is 7.10. The summed E-state index contributed by atoms with van der Waals surface area (Å²) in [6.07, 6.45) is 4.07. The van der Waals surface area contributed by atoms with Crippen molar-refractivity contribution >= 4 is 23.7 Å². The van der Waals surface area contributed by atoms with Gasteiger partial charge in [-0.2, -0.15) is 0 Å². The number of hydrogen-bond donors (Lipinski definition) is 1. The fourth-order valence-corrected chi connectivity index (χ4v) is 3.18. The summed E-state index contributed by atoms with van der Waals surface area (Å²) >= 11 is 1.86. The van der Waals surface area contributed by atoms with Crippen LogP contribution in [0.5, 0.6) is 0 Å². The maximum atomic E-state index is 3.61. The Morgan fingerprint density at radius 3 is 2.94 bits per heavy atom. The molecule has 98 valence electrons. The van der Waals surface area contributed by atoms with Crippen molar-refractivity contribution in [1.82, 2.24) is 10.2 Å². The third kappa shape index (κ3) is 4.25. The fourth-order valence-electron chi connectivity index (χ4n) is 2.33. The van der Waals surface area contributed by atoms with Crippen molar-refractivity contribution in [2.24, 2.45) is 0 Å². The van der Waals surface area contributed by atoms with E-state index in [-0.39, 0.29) is 12.4 Å². The standard InChI is InChI=1S/C13H22N2S.ClH/c1-11(13-7-5-9-16-13)15(2)10-12-6-3-4-8-14-12;/h5,7,9,11-12,14H,3-4,6,8,10H2,1-2H3;1H. The molecule has 1 saturated heterocycles. The Kier molecular flexibility index (Phi) is 6.49. The third-order valence-electron chi connectivity index (χ3n) is 3.54. The summed E-state index contributed by atoms with van der Waals surface area (Å²) in [7, 11) is 2.24. The normalized spacial score (nSPS) is 22.2. The first kappa shape index (κ1) is 15.0. The van der Waals surface area contributed by atoms with E-state index in [2.05, 4.69) is 41.7 Å². The van der Waals surface area contributed by atoms with Crippen LogP contribution < -0.4 is 5.32 Å². The minimum absolute atomic E-state index is 0. The van der Waals surface area contributed by atoms with E-state index in [1.54, 1.807) is 0 Å². The molecule has 2 unspecified atom stereocenters. The minimum atomic E-state index is 0. The van der Waals surface area contributed by atoms with E-state index in [1.165, 1.54) is 37.2 Å². The lowest BCUT2D eigenvalue weighted by Crippen LogP contribution is -2.42. The summed E-state index contributed by atoms with van der Waals surface area (Å²) in [5, 5.41) is 5.78. The van der Waals surface area contributed by atoms with E-state index in [0.29, 0.717) is 12.1 Å². The molecule has 1 aromatic rings. The smallest absolute Gasteiger partial charge is 0.0410 e. The average molecular weight is 275 g/mol. The van der Waals surface area contributed by atoms with Gasteiger partial charge in [0.2, 0.25) is 0 Å². The lowest BCUT2D eigenvalue weighted by atomic mass is 10.0. The highest BCUT2D eigenvalue weighted by Crippen LogP contribution is 2.24. The van der Waals surface area contributed by atoms with Crippen molar-refractivity contribution in [3.8, 4) is 0 Å². The number of halogens is 1. The molecule has 1 fully saturated rings. The Morgan fingerprint density at radius 2 is 2.35 bits per heavy atom. The number of likely N-dealkylation sites (N-methyl/N-ethyl adjacent to an activating group) is 1. The number of hydrogen-bond acceptors (Lipinski definition) is 3. The van der Waals surface area contributed by atoms with Crippen LogP contribution in [0.3, 0.4) is 0 Å². The van der Waals surface area contributed by atoms with Gasteiger partial charge < -0.3 is 5.32 Å². The summed E-state index contributed by atoms with van der Waals surface area (Å²) in [5.41, 5.74) is 0. The Balaban J connectivity index is 0.00000144.